The summed E-state index contributed by atoms with van der Waals surface area (Å²) in [4.78, 5) is 28.7. The van der Waals surface area contributed by atoms with Gasteiger partial charge in [0.2, 0.25) is 11.8 Å². The first-order chi connectivity index (χ1) is 9.70. The van der Waals surface area contributed by atoms with E-state index in [1.807, 2.05) is 16.7 Å². The number of fused-ring (bicyclic) bond motifs is 1. The van der Waals surface area contributed by atoms with Crippen molar-refractivity contribution in [2.45, 2.75) is 38.6 Å². The summed E-state index contributed by atoms with van der Waals surface area (Å²) in [7, 11) is 0. The van der Waals surface area contributed by atoms with Crippen molar-refractivity contribution in [3.63, 3.8) is 0 Å². The normalized spacial score (nSPS) is 31.2. The number of halogens is 1. The Morgan fingerprint density at radius 1 is 1.19 bits per heavy atom. The van der Waals surface area contributed by atoms with Crippen molar-refractivity contribution in [2.75, 3.05) is 32.7 Å². The molecule has 0 aliphatic carbocycles. The molecule has 0 bridgehead atoms. The summed E-state index contributed by atoms with van der Waals surface area (Å²) >= 11 is 0. The van der Waals surface area contributed by atoms with E-state index in [1.165, 1.54) is 0 Å². The van der Waals surface area contributed by atoms with Gasteiger partial charge in [-0.25, -0.2) is 0 Å². The van der Waals surface area contributed by atoms with Crippen LogP contribution in [-0.4, -0.2) is 60.4 Å². The third-order valence-electron chi connectivity index (χ3n) is 5.02. The molecular weight excluding hydrogens is 290 g/mol. The minimum atomic E-state index is -0.180. The molecule has 3 aliphatic rings. The van der Waals surface area contributed by atoms with E-state index in [4.69, 9.17) is 0 Å². The molecule has 3 atom stereocenters. The van der Waals surface area contributed by atoms with Crippen molar-refractivity contribution in [1.29, 1.82) is 0 Å². The average Bonchev–Trinajstić information content (AvgIpc) is 3.12. The molecule has 0 aromatic heterocycles. The smallest absolute Gasteiger partial charge is 0.245 e. The molecule has 2 amide bonds. The minimum Gasteiger partial charge on any atom is -0.340 e. The summed E-state index contributed by atoms with van der Waals surface area (Å²) in [6.45, 7) is 6.61. The van der Waals surface area contributed by atoms with E-state index in [1.54, 1.807) is 0 Å². The summed E-state index contributed by atoms with van der Waals surface area (Å²) < 4.78 is 0. The van der Waals surface area contributed by atoms with Crippen LogP contribution in [0.3, 0.4) is 0 Å². The molecule has 0 aromatic rings. The Morgan fingerprint density at radius 2 is 1.86 bits per heavy atom. The van der Waals surface area contributed by atoms with E-state index < -0.39 is 0 Å². The number of nitrogens with one attached hydrogen (secondary N) is 1. The maximum Gasteiger partial charge on any atom is 0.245 e. The third-order valence-corrected chi connectivity index (χ3v) is 5.02. The van der Waals surface area contributed by atoms with Crippen molar-refractivity contribution in [2.24, 2.45) is 11.8 Å². The Kier molecular flexibility index (Phi) is 5.49. The zero-order valence-electron chi connectivity index (χ0n) is 12.7. The number of carbonyl (C=O) groups is 2. The van der Waals surface area contributed by atoms with Gasteiger partial charge in [0.15, 0.2) is 0 Å². The standard InChI is InChI=1S/C15H25N3O2.ClH/c1-2-4-14(19)18-6-3-5-13(18)15(20)17-9-11-7-16-8-12(11)10-17;/h11-13,16H,2-10H2,1H3;1H/t11-,12+,13?;. The number of hydrogen-bond acceptors (Lipinski definition) is 3. The fraction of sp³-hybridized carbons (Fsp3) is 0.867. The molecule has 3 aliphatic heterocycles. The number of hydrogen-bond donors (Lipinski definition) is 1. The lowest BCUT2D eigenvalue weighted by Gasteiger charge is -2.28. The number of rotatable bonds is 3. The maximum atomic E-state index is 12.7. The highest BCUT2D eigenvalue weighted by molar-refractivity contribution is 5.88. The SMILES string of the molecule is CCCC(=O)N1CCCC1C(=O)N1C[C@H]2CNC[C@H]2C1.Cl. The highest BCUT2D eigenvalue weighted by Gasteiger charge is 2.42. The molecule has 3 rings (SSSR count). The van der Waals surface area contributed by atoms with Gasteiger partial charge in [0.1, 0.15) is 6.04 Å². The van der Waals surface area contributed by atoms with Crippen molar-refractivity contribution in [3.8, 4) is 0 Å². The Morgan fingerprint density at radius 3 is 2.48 bits per heavy atom. The van der Waals surface area contributed by atoms with E-state index in [9.17, 15) is 9.59 Å². The van der Waals surface area contributed by atoms with Crippen molar-refractivity contribution in [1.82, 2.24) is 15.1 Å². The van der Waals surface area contributed by atoms with Crippen LogP contribution in [0, 0.1) is 11.8 Å². The lowest BCUT2D eigenvalue weighted by Crippen LogP contribution is -2.47. The molecule has 5 nitrogen and oxygen atoms in total. The molecule has 120 valence electrons. The molecule has 0 spiro atoms. The van der Waals surface area contributed by atoms with Crippen molar-refractivity contribution in [3.05, 3.63) is 0 Å². The van der Waals surface area contributed by atoms with Crippen LogP contribution in [0.2, 0.25) is 0 Å². The van der Waals surface area contributed by atoms with E-state index in [2.05, 4.69) is 5.32 Å². The fourth-order valence-electron chi connectivity index (χ4n) is 3.93. The minimum absolute atomic E-state index is 0. The van der Waals surface area contributed by atoms with Crippen LogP contribution in [0.1, 0.15) is 32.6 Å². The van der Waals surface area contributed by atoms with Crippen LogP contribution in [-0.2, 0) is 9.59 Å². The second-order valence-electron chi connectivity index (χ2n) is 6.42. The van der Waals surface area contributed by atoms with E-state index in [0.29, 0.717) is 18.3 Å². The first-order valence-electron chi connectivity index (χ1n) is 7.99. The number of likely N-dealkylation sites (tertiary alicyclic amines) is 2. The van der Waals surface area contributed by atoms with Gasteiger partial charge < -0.3 is 15.1 Å². The lowest BCUT2D eigenvalue weighted by molar-refractivity contribution is -0.143. The summed E-state index contributed by atoms with van der Waals surface area (Å²) in [5.41, 5.74) is 0. The predicted octanol–water partition coefficient (Wildman–Crippen LogP) is 0.877. The second-order valence-corrected chi connectivity index (χ2v) is 6.42. The first kappa shape index (κ1) is 16.6. The second kappa shape index (κ2) is 6.97. The van der Waals surface area contributed by atoms with Gasteiger partial charge in [-0.05, 0) is 31.1 Å². The molecule has 6 heteroatoms. The lowest BCUT2D eigenvalue weighted by atomic mass is 10.0. The number of nitrogens with zero attached hydrogens (tertiary/aromatic N) is 2. The largest absolute Gasteiger partial charge is 0.340 e. The van der Waals surface area contributed by atoms with Gasteiger partial charge in [-0.15, -0.1) is 12.4 Å². The summed E-state index contributed by atoms with van der Waals surface area (Å²) in [6, 6.07) is -0.180. The summed E-state index contributed by atoms with van der Waals surface area (Å²) in [5.74, 6) is 1.60. The van der Waals surface area contributed by atoms with Crippen LogP contribution in [0.4, 0.5) is 0 Å². The molecule has 3 heterocycles. The van der Waals surface area contributed by atoms with E-state index >= 15 is 0 Å². The number of amides is 2. The summed E-state index contributed by atoms with van der Waals surface area (Å²) in [5, 5.41) is 3.39. The zero-order valence-corrected chi connectivity index (χ0v) is 13.5. The van der Waals surface area contributed by atoms with E-state index in [0.717, 1.165) is 52.0 Å². The predicted molar refractivity (Wildman–Crippen MR) is 83.3 cm³/mol. The third kappa shape index (κ3) is 3.19. The van der Waals surface area contributed by atoms with Gasteiger partial charge in [-0.3, -0.25) is 9.59 Å². The van der Waals surface area contributed by atoms with Gasteiger partial charge in [0.25, 0.3) is 0 Å². The van der Waals surface area contributed by atoms with Gasteiger partial charge in [-0.2, -0.15) is 0 Å². The molecule has 0 aromatic carbocycles. The molecule has 0 saturated carbocycles. The van der Waals surface area contributed by atoms with Crippen LogP contribution < -0.4 is 5.32 Å². The quantitative estimate of drug-likeness (QED) is 0.841. The average molecular weight is 316 g/mol. The number of carbonyl (C=O) groups excluding carboxylic acids is 2. The van der Waals surface area contributed by atoms with Crippen LogP contribution >= 0.6 is 12.4 Å². The Hall–Kier alpha value is -0.810. The zero-order chi connectivity index (χ0) is 14.1. The maximum absolute atomic E-state index is 12.7. The van der Waals surface area contributed by atoms with Crippen LogP contribution in [0.5, 0.6) is 0 Å². The van der Waals surface area contributed by atoms with Crippen molar-refractivity contribution < 1.29 is 9.59 Å². The molecule has 3 fully saturated rings. The first-order valence-corrected chi connectivity index (χ1v) is 7.99. The Balaban J connectivity index is 0.00000161. The Bertz CT molecular complexity index is 392. The molecular formula is C15H26ClN3O2. The van der Waals surface area contributed by atoms with Crippen LogP contribution in [0.15, 0.2) is 0 Å². The van der Waals surface area contributed by atoms with Gasteiger partial charge in [0, 0.05) is 39.1 Å². The monoisotopic (exact) mass is 315 g/mol. The highest BCUT2D eigenvalue weighted by Crippen LogP contribution is 2.29. The van der Waals surface area contributed by atoms with Gasteiger partial charge >= 0.3 is 0 Å². The molecule has 1 N–H and O–H groups in total. The van der Waals surface area contributed by atoms with Gasteiger partial charge in [0.05, 0.1) is 0 Å². The van der Waals surface area contributed by atoms with Crippen LogP contribution in [0.25, 0.3) is 0 Å². The molecule has 1 unspecified atom stereocenters. The van der Waals surface area contributed by atoms with Gasteiger partial charge in [-0.1, -0.05) is 6.92 Å². The Labute approximate surface area is 132 Å². The summed E-state index contributed by atoms with van der Waals surface area (Å²) in [6.07, 6.45) is 3.24. The fourth-order valence-corrected chi connectivity index (χ4v) is 3.93. The molecule has 3 saturated heterocycles. The van der Waals surface area contributed by atoms with E-state index in [-0.39, 0.29) is 30.3 Å². The highest BCUT2D eigenvalue weighted by atomic mass is 35.5. The van der Waals surface area contributed by atoms with Crippen molar-refractivity contribution >= 4 is 24.2 Å². The molecule has 0 radical (unpaired) electrons. The topological polar surface area (TPSA) is 52.7 Å². The molecule has 21 heavy (non-hydrogen) atoms.